The van der Waals surface area contributed by atoms with Crippen LogP contribution < -0.4 is 0 Å². The van der Waals surface area contributed by atoms with Crippen LogP contribution in [0, 0.1) is 0 Å². The molecule has 0 amide bonds. The number of carbonyl (C=O) groups excluding carboxylic acids is 2. The first-order chi connectivity index (χ1) is 12.6. The van der Waals surface area contributed by atoms with Crippen molar-refractivity contribution in [3.05, 3.63) is 0 Å². The molecule has 0 unspecified atom stereocenters. The van der Waals surface area contributed by atoms with Crippen LogP contribution in [0.15, 0.2) is 0 Å². The molecule has 1 atom stereocenters. The Morgan fingerprint density at radius 3 is 1.65 bits per heavy atom. The average molecular weight is 369 g/mol. The Labute approximate surface area is 162 Å². The number of rotatable bonds is 19. The fourth-order valence-electron chi connectivity index (χ4n) is 3.32. The minimum Gasteiger partial charge on any atom is -0.462 e. The Morgan fingerprint density at radius 1 is 0.692 bits per heavy atom. The molecule has 0 bridgehead atoms. The molecule has 0 aliphatic rings. The number of ketones is 1. The number of hydrogen-bond donors (Lipinski definition) is 0. The second-order valence-electron chi connectivity index (χ2n) is 7.80. The molecule has 0 aliphatic heterocycles. The summed E-state index contributed by atoms with van der Waals surface area (Å²) in [5.41, 5.74) is 0. The van der Waals surface area contributed by atoms with Gasteiger partial charge in [0.25, 0.3) is 0 Å². The van der Waals surface area contributed by atoms with Gasteiger partial charge in [0.1, 0.15) is 11.9 Å². The van der Waals surface area contributed by atoms with E-state index in [0.29, 0.717) is 12.8 Å². The predicted octanol–water partition coefficient (Wildman–Crippen LogP) is 7.16. The molecule has 0 fully saturated rings. The first-order valence-electron chi connectivity index (χ1n) is 11.3. The number of unbranched alkanes of at least 4 members (excludes halogenated alkanes) is 12. The lowest BCUT2D eigenvalue weighted by Gasteiger charge is -2.17. The lowest BCUT2D eigenvalue weighted by molar-refractivity contribution is -0.150. The predicted molar refractivity (Wildman–Crippen MR) is 110 cm³/mol. The molecular formula is C23H44O3. The summed E-state index contributed by atoms with van der Waals surface area (Å²) in [4.78, 5) is 23.4. The summed E-state index contributed by atoms with van der Waals surface area (Å²) in [6.45, 7) is 6.02. The Kier molecular flexibility index (Phi) is 18.3. The maximum Gasteiger partial charge on any atom is 0.306 e. The highest BCUT2D eigenvalue weighted by molar-refractivity contribution is 5.76. The van der Waals surface area contributed by atoms with Crippen LogP contribution in [0.25, 0.3) is 0 Å². The molecule has 0 aromatic heterocycles. The molecule has 0 aromatic carbocycles. The molecule has 0 radical (unpaired) electrons. The van der Waals surface area contributed by atoms with Crippen molar-refractivity contribution in [3.63, 3.8) is 0 Å². The monoisotopic (exact) mass is 368 g/mol. The van der Waals surface area contributed by atoms with Gasteiger partial charge in [-0.05, 0) is 26.2 Å². The van der Waals surface area contributed by atoms with Crippen LogP contribution in [-0.4, -0.2) is 17.9 Å². The largest absolute Gasteiger partial charge is 0.462 e. The molecule has 0 rings (SSSR count). The molecule has 154 valence electrons. The summed E-state index contributed by atoms with van der Waals surface area (Å²) in [7, 11) is 0. The molecule has 3 nitrogen and oxygen atoms in total. The quantitative estimate of drug-likeness (QED) is 0.179. The molecule has 0 N–H and O–H groups in total. The first kappa shape index (κ1) is 25.1. The van der Waals surface area contributed by atoms with Gasteiger partial charge in [0.15, 0.2) is 0 Å². The Morgan fingerprint density at radius 2 is 1.15 bits per heavy atom. The van der Waals surface area contributed by atoms with Crippen LogP contribution in [0.2, 0.25) is 0 Å². The van der Waals surface area contributed by atoms with Crippen LogP contribution in [0.1, 0.15) is 130 Å². The van der Waals surface area contributed by atoms with Crippen molar-refractivity contribution in [2.45, 2.75) is 136 Å². The maximum absolute atomic E-state index is 12.0. The van der Waals surface area contributed by atoms with Crippen LogP contribution >= 0.6 is 0 Å². The van der Waals surface area contributed by atoms with Gasteiger partial charge in [-0.1, -0.05) is 90.9 Å². The zero-order valence-corrected chi connectivity index (χ0v) is 17.8. The topological polar surface area (TPSA) is 43.4 Å². The van der Waals surface area contributed by atoms with E-state index in [1.54, 1.807) is 6.92 Å². The van der Waals surface area contributed by atoms with Gasteiger partial charge < -0.3 is 4.74 Å². The smallest absolute Gasteiger partial charge is 0.306 e. The molecule has 0 saturated carbocycles. The SMILES string of the molecule is CCCCCCCCCCC[C@@H](CC(C)=O)OC(=O)CCCCCCC. The van der Waals surface area contributed by atoms with Crippen molar-refractivity contribution < 1.29 is 14.3 Å². The van der Waals surface area contributed by atoms with Crippen molar-refractivity contribution in [1.29, 1.82) is 0 Å². The van der Waals surface area contributed by atoms with Crippen molar-refractivity contribution in [2.75, 3.05) is 0 Å². The second kappa shape index (κ2) is 18.9. The van der Waals surface area contributed by atoms with E-state index >= 15 is 0 Å². The molecular weight excluding hydrogens is 324 g/mol. The lowest BCUT2D eigenvalue weighted by atomic mass is 10.0. The van der Waals surface area contributed by atoms with Gasteiger partial charge in [0.2, 0.25) is 0 Å². The van der Waals surface area contributed by atoms with Gasteiger partial charge in [-0.2, -0.15) is 0 Å². The number of carbonyl (C=O) groups is 2. The number of esters is 1. The van der Waals surface area contributed by atoms with Gasteiger partial charge in [-0.25, -0.2) is 0 Å². The standard InChI is InChI=1S/C23H44O3/c1-4-6-8-10-11-12-13-15-16-18-22(20-21(3)24)26-23(25)19-17-14-9-7-5-2/h22H,4-20H2,1-3H3/t22-/m0/s1. The van der Waals surface area contributed by atoms with E-state index in [-0.39, 0.29) is 17.9 Å². The summed E-state index contributed by atoms with van der Waals surface area (Å²) in [6.07, 6.45) is 18.6. The zero-order valence-electron chi connectivity index (χ0n) is 17.8. The van der Waals surface area contributed by atoms with Crippen LogP contribution in [0.4, 0.5) is 0 Å². The Bertz CT molecular complexity index is 338. The van der Waals surface area contributed by atoms with E-state index in [4.69, 9.17) is 4.74 Å². The third-order valence-electron chi connectivity index (χ3n) is 4.93. The van der Waals surface area contributed by atoms with E-state index < -0.39 is 0 Å². The van der Waals surface area contributed by atoms with Crippen molar-refractivity contribution >= 4 is 11.8 Å². The maximum atomic E-state index is 12.0. The number of ether oxygens (including phenoxy) is 1. The highest BCUT2D eigenvalue weighted by Gasteiger charge is 2.16. The van der Waals surface area contributed by atoms with Gasteiger partial charge >= 0.3 is 5.97 Å². The van der Waals surface area contributed by atoms with Crippen molar-refractivity contribution in [2.24, 2.45) is 0 Å². The van der Waals surface area contributed by atoms with E-state index in [0.717, 1.165) is 25.7 Å². The minimum atomic E-state index is -0.208. The van der Waals surface area contributed by atoms with Crippen LogP contribution in [0.5, 0.6) is 0 Å². The van der Waals surface area contributed by atoms with E-state index in [2.05, 4.69) is 13.8 Å². The molecule has 0 saturated heterocycles. The van der Waals surface area contributed by atoms with Crippen LogP contribution in [0.3, 0.4) is 0 Å². The summed E-state index contributed by atoms with van der Waals surface area (Å²) in [6, 6.07) is 0. The minimum absolute atomic E-state index is 0.113. The molecule has 26 heavy (non-hydrogen) atoms. The van der Waals surface area contributed by atoms with E-state index in [1.165, 1.54) is 70.6 Å². The second-order valence-corrected chi connectivity index (χ2v) is 7.80. The molecule has 3 heteroatoms. The van der Waals surface area contributed by atoms with Crippen LogP contribution in [-0.2, 0) is 14.3 Å². The first-order valence-corrected chi connectivity index (χ1v) is 11.3. The summed E-state index contributed by atoms with van der Waals surface area (Å²) in [5, 5.41) is 0. The molecule has 0 aliphatic carbocycles. The van der Waals surface area contributed by atoms with Crippen molar-refractivity contribution in [1.82, 2.24) is 0 Å². The van der Waals surface area contributed by atoms with Gasteiger partial charge in [-0.3, -0.25) is 9.59 Å². The molecule has 0 aromatic rings. The summed E-state index contributed by atoms with van der Waals surface area (Å²) in [5.74, 6) is -0.00894. The van der Waals surface area contributed by atoms with Crippen molar-refractivity contribution in [3.8, 4) is 0 Å². The highest BCUT2D eigenvalue weighted by Crippen LogP contribution is 2.15. The third-order valence-corrected chi connectivity index (χ3v) is 4.93. The number of hydrogen-bond acceptors (Lipinski definition) is 3. The zero-order chi connectivity index (χ0) is 19.5. The third kappa shape index (κ3) is 17.9. The number of Topliss-reactive ketones (excluding diaryl/α,β-unsaturated/α-hetero) is 1. The van der Waals surface area contributed by atoms with E-state index in [1.807, 2.05) is 0 Å². The molecule has 0 heterocycles. The van der Waals surface area contributed by atoms with Gasteiger partial charge in [0.05, 0.1) is 0 Å². The normalized spacial score (nSPS) is 12.1. The van der Waals surface area contributed by atoms with Gasteiger partial charge in [-0.15, -0.1) is 0 Å². The Balaban J connectivity index is 3.80. The summed E-state index contributed by atoms with van der Waals surface area (Å²) >= 11 is 0. The van der Waals surface area contributed by atoms with E-state index in [9.17, 15) is 9.59 Å². The lowest BCUT2D eigenvalue weighted by Crippen LogP contribution is -2.20. The summed E-state index contributed by atoms with van der Waals surface area (Å²) < 4.78 is 5.58. The Hall–Kier alpha value is -0.860. The molecule has 0 spiro atoms. The average Bonchev–Trinajstić information content (AvgIpc) is 2.59. The fraction of sp³-hybridized carbons (Fsp3) is 0.913. The fourth-order valence-corrected chi connectivity index (χ4v) is 3.32. The highest BCUT2D eigenvalue weighted by atomic mass is 16.5. The van der Waals surface area contributed by atoms with Gasteiger partial charge in [0, 0.05) is 12.8 Å².